The van der Waals surface area contributed by atoms with Crippen molar-refractivity contribution in [1.82, 2.24) is 14.3 Å². The van der Waals surface area contributed by atoms with Gasteiger partial charge >= 0.3 is 21.6 Å². The minimum absolute atomic E-state index is 0.0376. The van der Waals surface area contributed by atoms with Crippen LogP contribution in [0, 0.1) is 5.82 Å². The summed E-state index contributed by atoms with van der Waals surface area (Å²) < 4.78 is 42.9. The van der Waals surface area contributed by atoms with Crippen molar-refractivity contribution < 1.29 is 26.7 Å². The summed E-state index contributed by atoms with van der Waals surface area (Å²) in [5.41, 5.74) is 5.86. The lowest BCUT2D eigenvalue weighted by atomic mass is 10.2. The first kappa shape index (κ1) is 23.0. The van der Waals surface area contributed by atoms with Gasteiger partial charge in [0, 0.05) is 42.6 Å². The lowest BCUT2D eigenvalue weighted by Crippen LogP contribution is -2.60. The van der Waals surface area contributed by atoms with Crippen molar-refractivity contribution in [3.8, 4) is 0 Å². The van der Waals surface area contributed by atoms with Crippen LogP contribution in [0.1, 0.15) is 25.3 Å². The maximum Gasteiger partial charge on any atom is 0.429 e. The number of urea groups is 1. The lowest BCUT2D eigenvalue weighted by Gasteiger charge is -2.31. The zero-order valence-electron chi connectivity index (χ0n) is 18.8. The highest BCUT2D eigenvalue weighted by molar-refractivity contribution is 7.86. The molecular weight excluding hydrogens is 477 g/mol. The van der Waals surface area contributed by atoms with Crippen molar-refractivity contribution in [2.45, 2.75) is 37.2 Å². The number of primary amides is 1. The highest BCUT2D eigenvalue weighted by atomic mass is 32.2. The number of pyridine rings is 2. The summed E-state index contributed by atoms with van der Waals surface area (Å²) in [5.74, 6) is -0.404. The number of hydrogen-bond acceptors (Lipinski definition) is 6. The van der Waals surface area contributed by atoms with Gasteiger partial charge in [-0.1, -0.05) is 12.1 Å². The number of amides is 2. The first-order valence-electron chi connectivity index (χ1n) is 11.0. The molecule has 1 aliphatic rings. The van der Waals surface area contributed by atoms with E-state index in [-0.39, 0.29) is 34.3 Å². The second-order valence-electron chi connectivity index (χ2n) is 8.82. The number of nitrogens with two attached hydrogens (primary N) is 1. The molecule has 2 atom stereocenters. The molecule has 12 heteroatoms. The first-order valence-corrected chi connectivity index (χ1v) is 12.4. The van der Waals surface area contributed by atoms with Crippen LogP contribution in [0.15, 0.2) is 58.6 Å². The van der Waals surface area contributed by atoms with E-state index in [1.54, 1.807) is 23.6 Å². The summed E-state index contributed by atoms with van der Waals surface area (Å²) >= 11 is 0. The quantitative estimate of drug-likeness (QED) is 0.326. The second kappa shape index (κ2) is 7.89. The number of rotatable bonds is 4. The first-order chi connectivity index (χ1) is 16.6. The average Bonchev–Trinajstić information content (AvgIpc) is 3.40. The average molecular weight is 501 g/mol. The monoisotopic (exact) mass is 500 g/mol. The van der Waals surface area contributed by atoms with E-state index in [0.29, 0.717) is 28.7 Å². The summed E-state index contributed by atoms with van der Waals surface area (Å²) in [6, 6.07) is 5.63. The second-order valence-corrected chi connectivity index (χ2v) is 10.9. The van der Waals surface area contributed by atoms with Crippen LogP contribution in [-0.4, -0.2) is 50.4 Å². The molecule has 10 nitrogen and oxygen atoms in total. The molecule has 1 aromatic carbocycles. The topological polar surface area (TPSA) is 137 Å². The molecule has 5 rings (SSSR count). The number of carbonyl (C=O) groups excluding carboxylic acids is 1. The third kappa shape index (κ3) is 3.24. The Morgan fingerprint density at radius 2 is 2.00 bits per heavy atom. The number of likely N-dealkylation sites (tertiary alicyclic amines) is 1. The number of quaternary nitrogens is 1. The van der Waals surface area contributed by atoms with Crippen LogP contribution in [0.25, 0.3) is 21.8 Å². The maximum absolute atomic E-state index is 14.2. The molecule has 35 heavy (non-hydrogen) atoms. The van der Waals surface area contributed by atoms with Gasteiger partial charge in [-0.2, -0.15) is 13.1 Å². The Labute approximate surface area is 199 Å². The van der Waals surface area contributed by atoms with Gasteiger partial charge in [0.15, 0.2) is 0 Å². The van der Waals surface area contributed by atoms with Gasteiger partial charge in [0.05, 0.1) is 11.7 Å². The highest BCUT2D eigenvalue weighted by Crippen LogP contribution is 2.40. The van der Waals surface area contributed by atoms with Gasteiger partial charge in [-0.05, 0) is 30.7 Å². The number of halogens is 1. The molecule has 0 bridgehead atoms. The molecule has 1 saturated heterocycles. The van der Waals surface area contributed by atoms with E-state index in [4.69, 9.17) is 5.73 Å². The molecular formula is C23H23FN5O5S+. The van der Waals surface area contributed by atoms with E-state index in [2.05, 4.69) is 4.98 Å². The molecule has 4 aromatic rings. The van der Waals surface area contributed by atoms with Crippen LogP contribution < -0.4 is 11.3 Å². The minimum Gasteiger partial charge on any atom is -0.425 e. The van der Waals surface area contributed by atoms with Crippen molar-refractivity contribution >= 4 is 37.9 Å². The predicted octanol–water partition coefficient (Wildman–Crippen LogP) is 2.54. The van der Waals surface area contributed by atoms with Crippen molar-refractivity contribution in [3.63, 3.8) is 0 Å². The van der Waals surface area contributed by atoms with Crippen LogP contribution in [0.4, 0.5) is 9.18 Å². The number of sulfonamides is 1. The zero-order valence-corrected chi connectivity index (χ0v) is 19.6. The van der Waals surface area contributed by atoms with Crippen molar-refractivity contribution in [1.29, 1.82) is 0 Å². The number of aromatic nitrogens is 3. The van der Waals surface area contributed by atoms with Crippen LogP contribution in [0.2, 0.25) is 0 Å². The van der Waals surface area contributed by atoms with Crippen molar-refractivity contribution in [3.05, 3.63) is 70.7 Å². The van der Waals surface area contributed by atoms with Gasteiger partial charge in [-0.15, -0.1) is 3.89 Å². The predicted molar refractivity (Wildman–Crippen MR) is 125 cm³/mol. The zero-order chi connectivity index (χ0) is 25.1. The molecule has 1 aliphatic heterocycles. The van der Waals surface area contributed by atoms with Crippen molar-refractivity contribution in [2.24, 2.45) is 5.73 Å². The Kier molecular flexibility index (Phi) is 5.18. The summed E-state index contributed by atoms with van der Waals surface area (Å²) in [5, 5.41) is 10.2. The minimum atomic E-state index is -4.38. The number of carbonyl (C=O) groups is 1. The SMILES string of the molecule is C[C@@H]1CCC[N+]1(C(N)=O)S(=O)(=O)c1cn(Cc2ccc(F)cc2)c2cnc3c(=O)n(O)ccc3c12. The van der Waals surface area contributed by atoms with Gasteiger partial charge in [0.1, 0.15) is 28.8 Å². The van der Waals surface area contributed by atoms with E-state index >= 15 is 0 Å². The van der Waals surface area contributed by atoms with E-state index in [1.165, 1.54) is 30.6 Å². The van der Waals surface area contributed by atoms with Gasteiger partial charge in [-0.3, -0.25) is 4.79 Å². The van der Waals surface area contributed by atoms with Gasteiger partial charge in [-0.25, -0.2) is 14.2 Å². The molecule has 0 saturated carbocycles. The van der Waals surface area contributed by atoms with E-state index in [0.717, 1.165) is 6.20 Å². The Balaban J connectivity index is 1.85. The fourth-order valence-corrected chi connectivity index (χ4v) is 7.33. The Bertz CT molecular complexity index is 1660. The standard InChI is InChI=1S/C23H22FN5O5S/c1-14-3-2-10-29(14,23(25)31)35(33,34)19-13-27(12-15-4-6-16(24)7-5-15)18-11-26-21-17(20(18)19)8-9-28(32)22(21)30/h4-9,11,13-14,32H,2-3,10,12H2,1H3,(H-,25,31)/p+1/t14-,29?/m1/s1. The molecule has 3 N–H and O–H groups in total. The molecule has 4 heterocycles. The van der Waals surface area contributed by atoms with Crippen molar-refractivity contribution in [2.75, 3.05) is 6.54 Å². The smallest absolute Gasteiger partial charge is 0.425 e. The van der Waals surface area contributed by atoms with E-state index < -0.39 is 37.4 Å². The van der Waals surface area contributed by atoms with E-state index in [9.17, 15) is 27.6 Å². The molecule has 0 radical (unpaired) electrons. The largest absolute Gasteiger partial charge is 0.429 e. The number of fused-ring (bicyclic) bond motifs is 3. The highest BCUT2D eigenvalue weighted by Gasteiger charge is 2.56. The summed E-state index contributed by atoms with van der Waals surface area (Å²) in [7, 11) is -4.38. The Hall–Kier alpha value is -3.77. The number of hydrogen-bond donors (Lipinski definition) is 2. The van der Waals surface area contributed by atoms with Crippen LogP contribution >= 0.6 is 0 Å². The number of nitrogens with zero attached hydrogens (tertiary/aromatic N) is 4. The third-order valence-electron chi connectivity index (χ3n) is 6.89. The molecule has 3 aromatic heterocycles. The van der Waals surface area contributed by atoms with Crippen LogP contribution in [0.5, 0.6) is 0 Å². The molecule has 1 fully saturated rings. The fourth-order valence-electron chi connectivity index (χ4n) is 5.06. The Morgan fingerprint density at radius 3 is 2.63 bits per heavy atom. The molecule has 182 valence electrons. The lowest BCUT2D eigenvalue weighted by molar-refractivity contribution is -0.731. The Morgan fingerprint density at radius 1 is 1.29 bits per heavy atom. The summed E-state index contributed by atoms with van der Waals surface area (Å²) in [6.45, 7) is 1.90. The molecule has 1 unspecified atom stereocenters. The van der Waals surface area contributed by atoms with Crippen LogP contribution in [0.3, 0.4) is 0 Å². The summed E-state index contributed by atoms with van der Waals surface area (Å²) in [6.07, 6.45) is 4.88. The van der Waals surface area contributed by atoms with Gasteiger partial charge < -0.3 is 15.5 Å². The van der Waals surface area contributed by atoms with Gasteiger partial charge in [0.2, 0.25) is 0 Å². The summed E-state index contributed by atoms with van der Waals surface area (Å²) in [4.78, 5) is 29.2. The fraction of sp³-hybridized carbons (Fsp3) is 0.261. The molecule has 0 spiro atoms. The van der Waals surface area contributed by atoms with E-state index in [1.807, 2.05) is 0 Å². The normalized spacial score (nSPS) is 20.6. The molecule has 2 amide bonds. The molecule has 0 aliphatic carbocycles. The third-order valence-corrected chi connectivity index (χ3v) is 9.33. The van der Waals surface area contributed by atoms with Gasteiger partial charge in [0.25, 0.3) is 0 Å². The maximum atomic E-state index is 14.2. The van der Waals surface area contributed by atoms with Crippen LogP contribution in [-0.2, 0) is 16.6 Å². The number of benzene rings is 1.